The number of unbranched alkanes of at least 4 members (excludes halogenated alkanes) is 1. The second-order valence-electron chi connectivity index (χ2n) is 4.17. The fourth-order valence-corrected chi connectivity index (χ4v) is 3.47. The molecule has 0 aromatic heterocycles. The van der Waals surface area contributed by atoms with Gasteiger partial charge in [0.05, 0.1) is 5.75 Å². The van der Waals surface area contributed by atoms with Crippen LogP contribution in [0.2, 0.25) is 0 Å². The summed E-state index contributed by atoms with van der Waals surface area (Å²) in [7, 11) is -1.29. The van der Waals surface area contributed by atoms with Gasteiger partial charge in [-0.2, -0.15) is 0 Å². The molecule has 1 aliphatic heterocycles. The number of sulfonamides is 1. The van der Waals surface area contributed by atoms with Crippen LogP contribution in [0.4, 0.5) is 0 Å². The van der Waals surface area contributed by atoms with Gasteiger partial charge in [-0.15, -0.1) is 12.4 Å². The molecule has 0 atom stereocenters. The van der Waals surface area contributed by atoms with Gasteiger partial charge in [-0.05, 0) is 32.4 Å². The highest BCUT2D eigenvalue weighted by atomic mass is 35.5. The van der Waals surface area contributed by atoms with Crippen molar-refractivity contribution in [3.05, 3.63) is 0 Å². The SMILES string of the molecule is CCCCS(=O)(=O)N(C)C1CCNCC1.Cl. The van der Waals surface area contributed by atoms with Crippen LogP contribution >= 0.6 is 12.4 Å². The zero-order chi connectivity index (χ0) is 11.3. The van der Waals surface area contributed by atoms with E-state index in [0.29, 0.717) is 5.75 Å². The monoisotopic (exact) mass is 270 g/mol. The van der Waals surface area contributed by atoms with Crippen molar-refractivity contribution < 1.29 is 8.42 Å². The van der Waals surface area contributed by atoms with Gasteiger partial charge in [-0.3, -0.25) is 0 Å². The molecule has 16 heavy (non-hydrogen) atoms. The average Bonchev–Trinajstić information content (AvgIpc) is 2.26. The molecular formula is C10H23ClN2O2S. The van der Waals surface area contributed by atoms with E-state index < -0.39 is 10.0 Å². The summed E-state index contributed by atoms with van der Waals surface area (Å²) in [6.45, 7) is 3.87. The molecule has 1 heterocycles. The summed E-state index contributed by atoms with van der Waals surface area (Å²) in [4.78, 5) is 0. The van der Waals surface area contributed by atoms with Gasteiger partial charge >= 0.3 is 0 Å². The molecule has 0 aromatic carbocycles. The third-order valence-corrected chi connectivity index (χ3v) is 5.00. The number of hydrogen-bond acceptors (Lipinski definition) is 3. The third kappa shape index (κ3) is 4.57. The maximum Gasteiger partial charge on any atom is 0.214 e. The van der Waals surface area contributed by atoms with Crippen LogP contribution in [-0.4, -0.2) is 44.7 Å². The molecule has 0 unspecified atom stereocenters. The van der Waals surface area contributed by atoms with Gasteiger partial charge in [0.1, 0.15) is 0 Å². The molecule has 0 amide bonds. The van der Waals surface area contributed by atoms with E-state index in [0.717, 1.165) is 38.8 Å². The van der Waals surface area contributed by atoms with Gasteiger partial charge < -0.3 is 5.32 Å². The second-order valence-corrected chi connectivity index (χ2v) is 6.31. The largest absolute Gasteiger partial charge is 0.317 e. The van der Waals surface area contributed by atoms with Crippen molar-refractivity contribution in [3.63, 3.8) is 0 Å². The van der Waals surface area contributed by atoms with Crippen molar-refractivity contribution in [2.24, 2.45) is 0 Å². The molecule has 98 valence electrons. The van der Waals surface area contributed by atoms with Crippen LogP contribution in [0.3, 0.4) is 0 Å². The lowest BCUT2D eigenvalue weighted by atomic mass is 10.1. The van der Waals surface area contributed by atoms with Gasteiger partial charge in [0.25, 0.3) is 0 Å². The minimum Gasteiger partial charge on any atom is -0.317 e. The minimum absolute atomic E-state index is 0. The van der Waals surface area contributed by atoms with Crippen LogP contribution in [0.15, 0.2) is 0 Å². The quantitative estimate of drug-likeness (QED) is 0.817. The summed E-state index contributed by atoms with van der Waals surface area (Å²) in [6, 6.07) is 0.202. The summed E-state index contributed by atoms with van der Waals surface area (Å²) in [5, 5.41) is 3.24. The first kappa shape index (κ1) is 16.2. The Morgan fingerprint density at radius 2 is 1.88 bits per heavy atom. The lowest BCUT2D eigenvalue weighted by Gasteiger charge is -2.30. The Kier molecular flexibility index (Phi) is 7.55. The molecule has 0 aromatic rings. The van der Waals surface area contributed by atoms with Crippen LogP contribution in [-0.2, 0) is 10.0 Å². The Labute approximate surface area is 105 Å². The summed E-state index contributed by atoms with van der Waals surface area (Å²) < 4.78 is 25.4. The average molecular weight is 271 g/mol. The van der Waals surface area contributed by atoms with Gasteiger partial charge in [0.2, 0.25) is 10.0 Å². The summed E-state index contributed by atoms with van der Waals surface area (Å²) in [5.41, 5.74) is 0. The van der Waals surface area contributed by atoms with Crippen molar-refractivity contribution in [1.82, 2.24) is 9.62 Å². The lowest BCUT2D eigenvalue weighted by molar-refractivity contribution is 0.296. The Hall–Kier alpha value is 0.160. The molecule has 0 aliphatic carbocycles. The van der Waals surface area contributed by atoms with E-state index in [1.807, 2.05) is 6.92 Å². The molecule has 0 radical (unpaired) electrons. The fraction of sp³-hybridized carbons (Fsp3) is 1.00. The van der Waals surface area contributed by atoms with Gasteiger partial charge in [-0.25, -0.2) is 12.7 Å². The van der Waals surface area contributed by atoms with Crippen LogP contribution in [0.25, 0.3) is 0 Å². The number of nitrogens with zero attached hydrogens (tertiary/aromatic N) is 1. The predicted molar refractivity (Wildman–Crippen MR) is 69.6 cm³/mol. The molecular weight excluding hydrogens is 248 g/mol. The van der Waals surface area contributed by atoms with Crippen LogP contribution < -0.4 is 5.32 Å². The number of rotatable bonds is 5. The molecule has 1 rings (SSSR count). The van der Waals surface area contributed by atoms with Gasteiger partial charge in [0.15, 0.2) is 0 Å². The first-order chi connectivity index (χ1) is 7.08. The van der Waals surface area contributed by atoms with E-state index in [1.54, 1.807) is 11.4 Å². The van der Waals surface area contributed by atoms with E-state index in [9.17, 15) is 8.42 Å². The smallest absolute Gasteiger partial charge is 0.214 e. The number of halogens is 1. The van der Waals surface area contributed by atoms with Gasteiger partial charge in [-0.1, -0.05) is 13.3 Å². The van der Waals surface area contributed by atoms with E-state index in [1.165, 1.54) is 0 Å². The molecule has 0 bridgehead atoms. The maximum atomic E-state index is 11.9. The molecule has 6 heteroatoms. The van der Waals surface area contributed by atoms with Crippen molar-refractivity contribution >= 4 is 22.4 Å². The third-order valence-electron chi connectivity index (χ3n) is 3.02. The molecule has 1 N–H and O–H groups in total. The van der Waals surface area contributed by atoms with Crippen LogP contribution in [0.5, 0.6) is 0 Å². The van der Waals surface area contributed by atoms with E-state index in [4.69, 9.17) is 0 Å². The summed E-state index contributed by atoms with van der Waals surface area (Å²) in [5.74, 6) is 0.296. The molecule has 4 nitrogen and oxygen atoms in total. The van der Waals surface area contributed by atoms with Gasteiger partial charge in [0, 0.05) is 13.1 Å². The van der Waals surface area contributed by atoms with E-state index in [-0.39, 0.29) is 18.4 Å². The van der Waals surface area contributed by atoms with Crippen molar-refractivity contribution in [3.8, 4) is 0 Å². The first-order valence-electron chi connectivity index (χ1n) is 5.74. The Bertz CT molecular complexity index is 277. The van der Waals surface area contributed by atoms with Crippen molar-refractivity contribution in [2.45, 2.75) is 38.6 Å². The number of nitrogens with one attached hydrogen (secondary N) is 1. The Morgan fingerprint density at radius 3 is 2.38 bits per heavy atom. The highest BCUT2D eigenvalue weighted by Gasteiger charge is 2.26. The van der Waals surface area contributed by atoms with E-state index in [2.05, 4.69) is 5.32 Å². The zero-order valence-electron chi connectivity index (χ0n) is 10.1. The predicted octanol–water partition coefficient (Wildman–Crippen LogP) is 1.22. The van der Waals surface area contributed by atoms with E-state index >= 15 is 0 Å². The van der Waals surface area contributed by atoms with Crippen LogP contribution in [0, 0.1) is 0 Å². The summed E-state index contributed by atoms with van der Waals surface area (Å²) in [6.07, 6.45) is 3.56. The van der Waals surface area contributed by atoms with Crippen molar-refractivity contribution in [1.29, 1.82) is 0 Å². The van der Waals surface area contributed by atoms with Crippen molar-refractivity contribution in [2.75, 3.05) is 25.9 Å². The first-order valence-corrected chi connectivity index (χ1v) is 7.35. The molecule has 1 saturated heterocycles. The number of piperidine rings is 1. The lowest BCUT2D eigenvalue weighted by Crippen LogP contribution is -2.44. The Balaban J connectivity index is 0.00000225. The molecule has 0 saturated carbocycles. The summed E-state index contributed by atoms with van der Waals surface area (Å²) >= 11 is 0. The van der Waals surface area contributed by atoms with Crippen LogP contribution in [0.1, 0.15) is 32.6 Å². The molecule has 1 aliphatic rings. The molecule has 0 spiro atoms. The second kappa shape index (κ2) is 7.48. The molecule has 1 fully saturated rings. The highest BCUT2D eigenvalue weighted by Crippen LogP contribution is 2.14. The standard InChI is InChI=1S/C10H22N2O2S.ClH/c1-3-4-9-15(13,14)12(2)10-5-7-11-8-6-10;/h10-11H,3-9H2,1-2H3;1H. The maximum absolute atomic E-state index is 11.9. The topological polar surface area (TPSA) is 49.4 Å². The Morgan fingerprint density at radius 1 is 1.31 bits per heavy atom. The normalized spacial score (nSPS) is 18.4. The fourth-order valence-electron chi connectivity index (χ4n) is 1.87. The minimum atomic E-state index is -3.02. The highest BCUT2D eigenvalue weighted by molar-refractivity contribution is 7.89. The zero-order valence-corrected chi connectivity index (χ0v) is 11.7. The number of hydrogen-bond donors (Lipinski definition) is 1.